The lowest BCUT2D eigenvalue weighted by molar-refractivity contribution is -0.0728. The summed E-state index contributed by atoms with van der Waals surface area (Å²) in [6.07, 6.45) is 1.12. The Labute approximate surface area is 141 Å². The van der Waals surface area contributed by atoms with E-state index in [4.69, 9.17) is 9.72 Å². The number of ether oxygens (including phenoxy) is 1. The molecule has 4 heteroatoms. The molecule has 2 aromatic carbocycles. The van der Waals surface area contributed by atoms with E-state index in [-0.39, 0.29) is 0 Å². The summed E-state index contributed by atoms with van der Waals surface area (Å²) in [5.41, 5.74) is 2.96. The van der Waals surface area contributed by atoms with Crippen molar-refractivity contribution in [1.82, 2.24) is 9.97 Å². The van der Waals surface area contributed by atoms with Crippen LogP contribution in [0.15, 0.2) is 60.7 Å². The van der Waals surface area contributed by atoms with E-state index in [1.807, 2.05) is 48.5 Å². The summed E-state index contributed by atoms with van der Waals surface area (Å²) in [6.45, 7) is 1.11. The van der Waals surface area contributed by atoms with Crippen molar-refractivity contribution in [3.8, 4) is 22.5 Å². The lowest BCUT2D eigenvalue weighted by Gasteiger charge is -2.29. The van der Waals surface area contributed by atoms with E-state index in [2.05, 4.69) is 17.1 Å². The SMILES string of the molecule is OC1(c2nc(-c3ccccc3)c(-c3ccccc3)[nH]2)CCOCC1. The highest BCUT2D eigenvalue weighted by Gasteiger charge is 2.35. The van der Waals surface area contributed by atoms with Gasteiger partial charge in [-0.1, -0.05) is 60.7 Å². The molecule has 4 rings (SSSR count). The average Bonchev–Trinajstić information content (AvgIpc) is 3.10. The maximum atomic E-state index is 11.0. The van der Waals surface area contributed by atoms with Gasteiger partial charge in [-0.05, 0) is 0 Å². The Kier molecular flexibility index (Phi) is 3.92. The van der Waals surface area contributed by atoms with Crippen molar-refractivity contribution in [2.45, 2.75) is 18.4 Å². The van der Waals surface area contributed by atoms with Crippen molar-refractivity contribution in [2.75, 3.05) is 13.2 Å². The average molecular weight is 320 g/mol. The molecule has 1 fully saturated rings. The molecule has 0 amide bonds. The number of benzene rings is 2. The summed E-state index contributed by atoms with van der Waals surface area (Å²) in [6, 6.07) is 20.2. The van der Waals surface area contributed by atoms with Gasteiger partial charge in [0.15, 0.2) is 0 Å². The second kappa shape index (κ2) is 6.23. The van der Waals surface area contributed by atoms with E-state index in [9.17, 15) is 5.11 Å². The van der Waals surface area contributed by atoms with Crippen molar-refractivity contribution < 1.29 is 9.84 Å². The van der Waals surface area contributed by atoms with E-state index >= 15 is 0 Å². The van der Waals surface area contributed by atoms with Crippen molar-refractivity contribution in [1.29, 1.82) is 0 Å². The van der Waals surface area contributed by atoms with Crippen LogP contribution >= 0.6 is 0 Å². The summed E-state index contributed by atoms with van der Waals surface area (Å²) in [7, 11) is 0. The van der Waals surface area contributed by atoms with Crippen LogP contribution in [0.5, 0.6) is 0 Å². The molecule has 1 saturated heterocycles. The van der Waals surface area contributed by atoms with Crippen molar-refractivity contribution in [3.63, 3.8) is 0 Å². The van der Waals surface area contributed by atoms with Crippen LogP contribution in [0.4, 0.5) is 0 Å². The fraction of sp³-hybridized carbons (Fsp3) is 0.250. The van der Waals surface area contributed by atoms with Gasteiger partial charge in [0.05, 0.1) is 11.4 Å². The zero-order valence-electron chi connectivity index (χ0n) is 13.4. The molecule has 0 aliphatic carbocycles. The van der Waals surface area contributed by atoms with Gasteiger partial charge < -0.3 is 14.8 Å². The molecule has 122 valence electrons. The number of H-pyrrole nitrogens is 1. The fourth-order valence-corrected chi connectivity index (χ4v) is 3.16. The number of aromatic nitrogens is 2. The highest BCUT2D eigenvalue weighted by atomic mass is 16.5. The van der Waals surface area contributed by atoms with Gasteiger partial charge >= 0.3 is 0 Å². The van der Waals surface area contributed by atoms with Crippen molar-refractivity contribution in [3.05, 3.63) is 66.5 Å². The van der Waals surface area contributed by atoms with Gasteiger partial charge in [0.1, 0.15) is 11.4 Å². The number of aliphatic hydroxyl groups is 1. The summed E-state index contributed by atoms with van der Waals surface area (Å²) in [4.78, 5) is 8.18. The third-order valence-electron chi connectivity index (χ3n) is 4.57. The van der Waals surface area contributed by atoms with Crippen LogP contribution in [0, 0.1) is 0 Å². The van der Waals surface area contributed by atoms with Crippen LogP contribution in [-0.2, 0) is 10.3 Å². The molecule has 0 atom stereocenters. The number of aromatic amines is 1. The molecule has 1 aromatic heterocycles. The summed E-state index contributed by atoms with van der Waals surface area (Å²) >= 11 is 0. The minimum absolute atomic E-state index is 0.554. The third kappa shape index (κ3) is 2.75. The highest BCUT2D eigenvalue weighted by Crippen LogP contribution is 2.36. The van der Waals surface area contributed by atoms with Crippen LogP contribution in [0.3, 0.4) is 0 Å². The normalized spacial score (nSPS) is 16.9. The highest BCUT2D eigenvalue weighted by molar-refractivity contribution is 5.78. The lowest BCUT2D eigenvalue weighted by Crippen LogP contribution is -2.34. The third-order valence-corrected chi connectivity index (χ3v) is 4.57. The first kappa shape index (κ1) is 15.1. The van der Waals surface area contributed by atoms with Crippen molar-refractivity contribution >= 4 is 0 Å². The van der Waals surface area contributed by atoms with Crippen LogP contribution in [-0.4, -0.2) is 28.3 Å². The second-order valence-corrected chi connectivity index (χ2v) is 6.19. The van der Waals surface area contributed by atoms with Crippen LogP contribution in [0.1, 0.15) is 18.7 Å². The Bertz CT molecular complexity index is 749. The predicted molar refractivity (Wildman–Crippen MR) is 93.4 cm³/mol. The Morgan fingerprint density at radius 2 is 1.46 bits per heavy atom. The lowest BCUT2D eigenvalue weighted by atomic mass is 9.94. The molecule has 1 aliphatic heterocycles. The predicted octanol–water partition coefficient (Wildman–Crippen LogP) is 3.74. The Hall–Kier alpha value is -2.43. The topological polar surface area (TPSA) is 58.1 Å². The molecule has 24 heavy (non-hydrogen) atoms. The summed E-state index contributed by atoms with van der Waals surface area (Å²) in [5.74, 6) is 0.628. The largest absolute Gasteiger partial charge is 0.382 e. The fourth-order valence-electron chi connectivity index (χ4n) is 3.16. The zero-order chi connectivity index (χ0) is 16.4. The van der Waals surface area contributed by atoms with Gasteiger partial charge in [-0.3, -0.25) is 0 Å². The number of imidazole rings is 1. The molecular formula is C20H20N2O2. The van der Waals surface area contributed by atoms with Crippen LogP contribution in [0.25, 0.3) is 22.5 Å². The molecule has 0 radical (unpaired) electrons. The number of nitrogens with one attached hydrogen (secondary N) is 1. The molecule has 4 nitrogen and oxygen atoms in total. The van der Waals surface area contributed by atoms with E-state index in [0.717, 1.165) is 22.5 Å². The minimum Gasteiger partial charge on any atom is -0.382 e. The van der Waals surface area contributed by atoms with Crippen LogP contribution in [0.2, 0.25) is 0 Å². The summed E-state index contributed by atoms with van der Waals surface area (Å²) < 4.78 is 5.39. The maximum Gasteiger partial charge on any atom is 0.139 e. The van der Waals surface area contributed by atoms with Crippen molar-refractivity contribution in [2.24, 2.45) is 0 Å². The number of nitrogens with zero attached hydrogens (tertiary/aromatic N) is 1. The Morgan fingerprint density at radius 3 is 2.08 bits per heavy atom. The molecule has 0 saturated carbocycles. The minimum atomic E-state index is -0.950. The molecule has 2 N–H and O–H groups in total. The van der Waals surface area contributed by atoms with Crippen LogP contribution < -0.4 is 0 Å². The maximum absolute atomic E-state index is 11.0. The van der Waals surface area contributed by atoms with Gasteiger partial charge in [0.25, 0.3) is 0 Å². The first-order valence-electron chi connectivity index (χ1n) is 8.28. The Balaban J connectivity index is 1.85. The first-order valence-corrected chi connectivity index (χ1v) is 8.28. The zero-order valence-corrected chi connectivity index (χ0v) is 13.4. The van der Waals surface area contributed by atoms with Gasteiger partial charge in [-0.2, -0.15) is 0 Å². The molecular weight excluding hydrogens is 300 g/mol. The monoisotopic (exact) mass is 320 g/mol. The Morgan fingerprint density at radius 1 is 0.875 bits per heavy atom. The van der Waals surface area contributed by atoms with E-state index in [1.54, 1.807) is 0 Å². The molecule has 3 aromatic rings. The molecule has 1 aliphatic rings. The molecule has 2 heterocycles. The van der Waals surface area contributed by atoms with Gasteiger partial charge in [0.2, 0.25) is 0 Å². The number of hydrogen-bond acceptors (Lipinski definition) is 3. The number of hydrogen-bond donors (Lipinski definition) is 2. The number of rotatable bonds is 3. The smallest absolute Gasteiger partial charge is 0.139 e. The van der Waals surface area contributed by atoms with E-state index in [1.165, 1.54) is 0 Å². The van der Waals surface area contributed by atoms with E-state index in [0.29, 0.717) is 31.9 Å². The molecule has 0 spiro atoms. The van der Waals surface area contributed by atoms with Gasteiger partial charge in [-0.25, -0.2) is 4.98 Å². The first-order chi connectivity index (χ1) is 11.8. The molecule has 0 bridgehead atoms. The van der Waals surface area contributed by atoms with E-state index < -0.39 is 5.60 Å². The summed E-state index contributed by atoms with van der Waals surface area (Å²) in [5, 5.41) is 11.0. The van der Waals surface area contributed by atoms with Gasteiger partial charge in [-0.15, -0.1) is 0 Å². The second-order valence-electron chi connectivity index (χ2n) is 6.19. The van der Waals surface area contributed by atoms with Gasteiger partial charge in [0, 0.05) is 37.2 Å². The standard InChI is InChI=1S/C20H20N2O2/c23-20(11-13-24-14-12-20)19-21-17(15-7-3-1-4-8-15)18(22-19)16-9-5-2-6-10-16/h1-10,23H,11-14H2,(H,21,22). The molecule has 0 unspecified atom stereocenters. The quantitative estimate of drug-likeness (QED) is 0.773.